The average molecular weight is 470 g/mol. The summed E-state index contributed by atoms with van der Waals surface area (Å²) >= 11 is 1.33. The highest BCUT2D eigenvalue weighted by Gasteiger charge is 2.37. The van der Waals surface area contributed by atoms with Crippen molar-refractivity contribution >= 4 is 23.2 Å². The number of hydrogen-bond donors (Lipinski definition) is 0. The molecule has 0 bridgehead atoms. The van der Waals surface area contributed by atoms with Gasteiger partial charge in [0.1, 0.15) is 11.5 Å². The van der Waals surface area contributed by atoms with Gasteiger partial charge in [-0.25, -0.2) is 4.98 Å². The molecule has 0 spiro atoms. The third-order valence-corrected chi connectivity index (χ3v) is 6.13. The monoisotopic (exact) mass is 470 g/mol. The highest BCUT2D eigenvalue weighted by atomic mass is 32.1. The summed E-state index contributed by atoms with van der Waals surface area (Å²) in [7, 11) is 0. The third-order valence-electron chi connectivity index (χ3n) is 5.37. The van der Waals surface area contributed by atoms with Crippen molar-refractivity contribution in [2.45, 2.75) is 12.4 Å². The highest BCUT2D eigenvalue weighted by molar-refractivity contribution is 7.11. The van der Waals surface area contributed by atoms with Crippen molar-refractivity contribution in [3.05, 3.63) is 40.8 Å². The number of rotatable bonds is 6. The molecule has 172 valence electrons. The number of hydrogen-bond acceptors (Lipinski definition) is 7. The van der Waals surface area contributed by atoms with Gasteiger partial charge in [-0.15, -0.1) is 24.5 Å². The summed E-state index contributed by atoms with van der Waals surface area (Å²) in [4.78, 5) is 34.5. The molecule has 1 aromatic carbocycles. The summed E-state index contributed by atoms with van der Waals surface area (Å²) in [5, 5.41) is 2.28. The molecule has 3 heterocycles. The second-order valence-corrected chi connectivity index (χ2v) is 8.32. The highest BCUT2D eigenvalue weighted by Crippen LogP contribution is 2.25. The zero-order chi connectivity index (χ0) is 22.7. The van der Waals surface area contributed by atoms with E-state index < -0.39 is 6.36 Å². The second-order valence-electron chi connectivity index (χ2n) is 7.43. The van der Waals surface area contributed by atoms with Gasteiger partial charge in [0, 0.05) is 56.9 Å². The van der Waals surface area contributed by atoms with Crippen LogP contribution in [0.2, 0.25) is 0 Å². The van der Waals surface area contributed by atoms with Crippen molar-refractivity contribution in [3.63, 3.8) is 0 Å². The first-order valence-corrected chi connectivity index (χ1v) is 10.9. The third kappa shape index (κ3) is 5.49. The SMILES string of the molecule is O=C(COc1ccc(OC(F)(F)F)cc1)N1CC(N2CCN(C(=O)c3nccs3)CC2)C1. The summed E-state index contributed by atoms with van der Waals surface area (Å²) in [5.41, 5.74) is 0. The van der Waals surface area contributed by atoms with E-state index in [9.17, 15) is 22.8 Å². The minimum Gasteiger partial charge on any atom is -0.484 e. The molecule has 2 saturated heterocycles. The molecule has 2 fully saturated rings. The molecule has 1 aromatic heterocycles. The van der Waals surface area contributed by atoms with E-state index in [1.54, 1.807) is 21.4 Å². The number of likely N-dealkylation sites (tertiary alicyclic amines) is 1. The second kappa shape index (κ2) is 9.33. The number of carbonyl (C=O) groups is 2. The van der Waals surface area contributed by atoms with E-state index >= 15 is 0 Å². The van der Waals surface area contributed by atoms with Gasteiger partial charge in [0.15, 0.2) is 11.6 Å². The van der Waals surface area contributed by atoms with Crippen molar-refractivity contribution in [1.82, 2.24) is 19.7 Å². The predicted molar refractivity (Wildman–Crippen MR) is 109 cm³/mol. The molecule has 32 heavy (non-hydrogen) atoms. The van der Waals surface area contributed by atoms with Gasteiger partial charge in [-0.1, -0.05) is 0 Å². The Morgan fingerprint density at radius 2 is 1.69 bits per heavy atom. The maximum atomic E-state index is 12.4. The zero-order valence-corrected chi connectivity index (χ0v) is 17.8. The summed E-state index contributed by atoms with van der Waals surface area (Å²) in [5.74, 6) is -0.296. The first-order chi connectivity index (χ1) is 15.3. The fourth-order valence-corrected chi connectivity index (χ4v) is 4.22. The van der Waals surface area contributed by atoms with Gasteiger partial charge in [-0.2, -0.15) is 0 Å². The van der Waals surface area contributed by atoms with E-state index in [0.717, 1.165) is 25.2 Å². The lowest BCUT2D eigenvalue weighted by atomic mass is 10.1. The van der Waals surface area contributed by atoms with Crippen LogP contribution in [0.4, 0.5) is 13.2 Å². The molecule has 2 aliphatic rings. The summed E-state index contributed by atoms with van der Waals surface area (Å²) in [6.45, 7) is 3.71. The van der Waals surface area contributed by atoms with Crippen molar-refractivity contribution in [2.24, 2.45) is 0 Å². The Bertz CT molecular complexity index is 925. The van der Waals surface area contributed by atoms with Gasteiger partial charge in [-0.3, -0.25) is 14.5 Å². The van der Waals surface area contributed by atoms with Crippen LogP contribution in [0.5, 0.6) is 11.5 Å². The van der Waals surface area contributed by atoms with E-state index in [0.29, 0.717) is 31.2 Å². The van der Waals surface area contributed by atoms with Crippen molar-refractivity contribution in [3.8, 4) is 11.5 Å². The van der Waals surface area contributed by atoms with Gasteiger partial charge in [0.05, 0.1) is 0 Å². The Balaban J connectivity index is 1.16. The minimum atomic E-state index is -4.75. The Morgan fingerprint density at radius 1 is 1.03 bits per heavy atom. The van der Waals surface area contributed by atoms with Crippen LogP contribution >= 0.6 is 11.3 Å². The number of halogens is 3. The molecule has 2 amide bonds. The van der Waals surface area contributed by atoms with E-state index in [4.69, 9.17) is 4.74 Å². The lowest BCUT2D eigenvalue weighted by Crippen LogP contribution is -2.65. The first-order valence-electron chi connectivity index (χ1n) is 9.98. The number of ether oxygens (including phenoxy) is 2. The molecular weight excluding hydrogens is 449 g/mol. The number of thiazole rings is 1. The van der Waals surface area contributed by atoms with E-state index in [2.05, 4.69) is 14.6 Å². The standard InChI is InChI=1S/C20H21F3N4O4S/c21-20(22,23)31-16-3-1-15(2-4-16)30-13-17(28)27-11-14(12-27)25-6-8-26(9-7-25)19(29)18-24-5-10-32-18/h1-5,10,14H,6-9,11-13H2. The zero-order valence-electron chi connectivity index (χ0n) is 17.0. The van der Waals surface area contributed by atoms with Crippen LogP contribution in [0.25, 0.3) is 0 Å². The average Bonchev–Trinajstić information content (AvgIpc) is 3.26. The Kier molecular flexibility index (Phi) is 6.51. The summed E-state index contributed by atoms with van der Waals surface area (Å²) in [6.07, 6.45) is -3.13. The van der Waals surface area contributed by atoms with Crippen LogP contribution in [-0.2, 0) is 4.79 Å². The molecule has 0 unspecified atom stereocenters. The molecular formula is C20H21F3N4O4S. The van der Waals surface area contributed by atoms with Crippen LogP contribution in [0.15, 0.2) is 35.8 Å². The van der Waals surface area contributed by atoms with Gasteiger partial charge in [0.2, 0.25) is 0 Å². The number of alkyl halides is 3. The first kappa shape index (κ1) is 22.3. The normalized spacial score (nSPS) is 17.7. The van der Waals surface area contributed by atoms with Gasteiger partial charge >= 0.3 is 6.36 Å². The lowest BCUT2D eigenvalue weighted by molar-refractivity contribution is -0.274. The van der Waals surface area contributed by atoms with Crippen molar-refractivity contribution in [2.75, 3.05) is 45.9 Å². The molecule has 0 radical (unpaired) electrons. The molecule has 0 atom stereocenters. The van der Waals surface area contributed by atoms with Gasteiger partial charge in [0.25, 0.3) is 11.8 Å². The van der Waals surface area contributed by atoms with E-state index in [1.807, 2.05) is 0 Å². The molecule has 12 heteroatoms. The van der Waals surface area contributed by atoms with Crippen LogP contribution in [0.1, 0.15) is 9.80 Å². The number of carbonyl (C=O) groups excluding carboxylic acids is 2. The molecule has 2 aromatic rings. The lowest BCUT2D eigenvalue weighted by Gasteiger charge is -2.48. The fraction of sp³-hybridized carbons (Fsp3) is 0.450. The summed E-state index contributed by atoms with van der Waals surface area (Å²) in [6, 6.07) is 5.15. The van der Waals surface area contributed by atoms with Crippen LogP contribution < -0.4 is 9.47 Å². The van der Waals surface area contributed by atoms with Crippen LogP contribution in [0, 0.1) is 0 Å². The molecule has 8 nitrogen and oxygen atoms in total. The van der Waals surface area contributed by atoms with Gasteiger partial charge in [-0.05, 0) is 24.3 Å². The Labute approximate surface area is 186 Å². The molecule has 4 rings (SSSR count). The largest absolute Gasteiger partial charge is 0.573 e. The minimum absolute atomic E-state index is 0.0415. The fourth-order valence-electron chi connectivity index (χ4n) is 3.62. The number of benzene rings is 1. The molecule has 0 saturated carbocycles. The summed E-state index contributed by atoms with van der Waals surface area (Å²) < 4.78 is 45.7. The molecule has 0 N–H and O–H groups in total. The van der Waals surface area contributed by atoms with Gasteiger partial charge < -0.3 is 19.3 Å². The molecule has 2 aliphatic heterocycles. The number of piperazine rings is 1. The Hall–Kier alpha value is -2.86. The number of aromatic nitrogens is 1. The molecule has 0 aliphatic carbocycles. The maximum Gasteiger partial charge on any atom is 0.573 e. The topological polar surface area (TPSA) is 75.2 Å². The van der Waals surface area contributed by atoms with Crippen molar-refractivity contribution < 1.29 is 32.2 Å². The Morgan fingerprint density at radius 3 is 2.28 bits per heavy atom. The number of amides is 2. The van der Waals surface area contributed by atoms with Crippen LogP contribution in [0.3, 0.4) is 0 Å². The quantitative estimate of drug-likeness (QED) is 0.644. The van der Waals surface area contributed by atoms with E-state index in [-0.39, 0.29) is 36.0 Å². The maximum absolute atomic E-state index is 12.4. The van der Waals surface area contributed by atoms with Crippen LogP contribution in [-0.4, -0.2) is 89.8 Å². The van der Waals surface area contributed by atoms with E-state index in [1.165, 1.54) is 23.5 Å². The van der Waals surface area contributed by atoms with Crippen molar-refractivity contribution in [1.29, 1.82) is 0 Å². The number of nitrogens with zero attached hydrogens (tertiary/aromatic N) is 4. The smallest absolute Gasteiger partial charge is 0.484 e. The predicted octanol–water partition coefficient (Wildman–Crippen LogP) is 2.09.